The van der Waals surface area contributed by atoms with Crippen LogP contribution in [0.4, 0.5) is 0 Å². The molecule has 66 valence electrons. The lowest BCUT2D eigenvalue weighted by atomic mass is 9.85. The molecule has 1 unspecified atom stereocenters. The molecule has 0 spiro atoms. The monoisotopic (exact) mass is 166 g/mol. The molecule has 1 aliphatic rings. The van der Waals surface area contributed by atoms with Crippen LogP contribution >= 0.6 is 0 Å². The van der Waals surface area contributed by atoms with Crippen LogP contribution in [0.15, 0.2) is 11.6 Å². The van der Waals surface area contributed by atoms with Crippen molar-refractivity contribution in [3.63, 3.8) is 0 Å². The van der Waals surface area contributed by atoms with E-state index in [4.69, 9.17) is 0 Å². The minimum absolute atomic E-state index is 0.231. The Labute approximate surface area is 72.7 Å². The van der Waals surface area contributed by atoms with Gasteiger partial charge in [-0.15, -0.1) is 0 Å². The Morgan fingerprint density at radius 1 is 1.67 bits per heavy atom. The first-order chi connectivity index (χ1) is 5.74. The minimum atomic E-state index is 0.231. The van der Waals surface area contributed by atoms with E-state index in [0.717, 1.165) is 24.7 Å². The lowest BCUT2D eigenvalue weighted by Crippen LogP contribution is -2.12. The second-order valence-corrected chi connectivity index (χ2v) is 3.33. The normalized spacial score (nSPS) is 23.6. The summed E-state index contributed by atoms with van der Waals surface area (Å²) < 4.78 is 0. The maximum Gasteiger partial charge on any atom is 0.155 e. The molecule has 0 amide bonds. The molecule has 1 rings (SSSR count). The van der Waals surface area contributed by atoms with Crippen molar-refractivity contribution in [2.45, 2.75) is 32.6 Å². The van der Waals surface area contributed by atoms with Crippen molar-refractivity contribution in [1.82, 2.24) is 0 Å². The molecular formula is C10H14O2. The van der Waals surface area contributed by atoms with Crippen molar-refractivity contribution in [2.75, 3.05) is 0 Å². The molecule has 1 atom stereocenters. The Morgan fingerprint density at radius 3 is 3.00 bits per heavy atom. The van der Waals surface area contributed by atoms with Gasteiger partial charge in [0.25, 0.3) is 0 Å². The molecule has 0 radical (unpaired) electrons. The Bertz CT molecular complexity index is 216. The van der Waals surface area contributed by atoms with Crippen LogP contribution in [0.5, 0.6) is 0 Å². The maximum atomic E-state index is 10.9. The van der Waals surface area contributed by atoms with Crippen LogP contribution in [-0.4, -0.2) is 12.1 Å². The summed E-state index contributed by atoms with van der Waals surface area (Å²) in [5.74, 6) is 0.697. The molecular weight excluding hydrogens is 152 g/mol. The summed E-state index contributed by atoms with van der Waals surface area (Å²) in [5.41, 5.74) is 1.15. The smallest absolute Gasteiger partial charge is 0.155 e. The van der Waals surface area contributed by atoms with E-state index in [2.05, 4.69) is 0 Å². The molecule has 0 saturated heterocycles. The van der Waals surface area contributed by atoms with E-state index in [1.807, 2.05) is 6.92 Å². The third kappa shape index (κ3) is 2.29. The fourth-order valence-electron chi connectivity index (χ4n) is 1.63. The first kappa shape index (κ1) is 9.17. The summed E-state index contributed by atoms with van der Waals surface area (Å²) in [6, 6.07) is 0. The number of carbonyl (C=O) groups is 2. The SMILES string of the molecule is CC1=CC(=O)CCC1CCC=O. The first-order valence-electron chi connectivity index (χ1n) is 4.38. The summed E-state index contributed by atoms with van der Waals surface area (Å²) in [5, 5.41) is 0. The van der Waals surface area contributed by atoms with E-state index < -0.39 is 0 Å². The van der Waals surface area contributed by atoms with Gasteiger partial charge in [-0.25, -0.2) is 0 Å². The van der Waals surface area contributed by atoms with Gasteiger partial charge < -0.3 is 4.79 Å². The average molecular weight is 166 g/mol. The average Bonchev–Trinajstić information content (AvgIpc) is 2.03. The van der Waals surface area contributed by atoms with E-state index >= 15 is 0 Å². The van der Waals surface area contributed by atoms with Crippen LogP contribution in [0, 0.1) is 5.92 Å². The molecule has 0 heterocycles. The third-order valence-corrected chi connectivity index (χ3v) is 2.40. The lowest BCUT2D eigenvalue weighted by Gasteiger charge is -2.19. The topological polar surface area (TPSA) is 34.1 Å². The quantitative estimate of drug-likeness (QED) is 0.600. The highest BCUT2D eigenvalue weighted by Crippen LogP contribution is 2.26. The molecule has 0 aliphatic heterocycles. The van der Waals surface area contributed by atoms with Crippen LogP contribution in [0.2, 0.25) is 0 Å². The van der Waals surface area contributed by atoms with Crippen molar-refractivity contribution >= 4 is 12.1 Å². The van der Waals surface area contributed by atoms with Gasteiger partial charge in [-0.1, -0.05) is 5.57 Å². The van der Waals surface area contributed by atoms with E-state index in [9.17, 15) is 9.59 Å². The number of carbonyl (C=O) groups excluding carboxylic acids is 2. The zero-order valence-corrected chi connectivity index (χ0v) is 7.38. The second-order valence-electron chi connectivity index (χ2n) is 3.33. The van der Waals surface area contributed by atoms with Crippen molar-refractivity contribution < 1.29 is 9.59 Å². The van der Waals surface area contributed by atoms with Gasteiger partial charge in [0, 0.05) is 12.8 Å². The van der Waals surface area contributed by atoms with Crippen LogP contribution in [-0.2, 0) is 9.59 Å². The van der Waals surface area contributed by atoms with Crippen LogP contribution in [0.3, 0.4) is 0 Å². The maximum absolute atomic E-state index is 10.9. The van der Waals surface area contributed by atoms with Gasteiger partial charge in [0.05, 0.1) is 0 Å². The van der Waals surface area contributed by atoms with Crippen molar-refractivity contribution in [2.24, 2.45) is 5.92 Å². The molecule has 0 aromatic rings. The van der Waals surface area contributed by atoms with Crippen LogP contribution in [0.1, 0.15) is 32.6 Å². The molecule has 2 nitrogen and oxygen atoms in total. The highest BCUT2D eigenvalue weighted by Gasteiger charge is 2.17. The summed E-state index contributed by atoms with van der Waals surface area (Å²) in [7, 11) is 0. The number of allylic oxidation sites excluding steroid dienone is 2. The molecule has 2 heteroatoms. The van der Waals surface area contributed by atoms with Gasteiger partial charge in [-0.05, 0) is 31.8 Å². The summed E-state index contributed by atoms with van der Waals surface area (Å²) in [4.78, 5) is 21.1. The Morgan fingerprint density at radius 2 is 2.42 bits per heavy atom. The second kappa shape index (κ2) is 4.19. The van der Waals surface area contributed by atoms with Gasteiger partial charge in [0.2, 0.25) is 0 Å². The van der Waals surface area contributed by atoms with Crippen molar-refractivity contribution in [3.05, 3.63) is 11.6 Å². The Hall–Kier alpha value is -0.920. The van der Waals surface area contributed by atoms with Crippen LogP contribution in [0.25, 0.3) is 0 Å². The van der Waals surface area contributed by atoms with Gasteiger partial charge in [-0.3, -0.25) is 4.79 Å². The fourth-order valence-corrected chi connectivity index (χ4v) is 1.63. The summed E-state index contributed by atoms with van der Waals surface area (Å²) >= 11 is 0. The number of ketones is 1. The summed E-state index contributed by atoms with van der Waals surface area (Å²) in [6.07, 6.45) is 5.77. The molecule has 0 saturated carbocycles. The van der Waals surface area contributed by atoms with Crippen LogP contribution < -0.4 is 0 Å². The largest absolute Gasteiger partial charge is 0.303 e. The Balaban J connectivity index is 2.50. The molecule has 1 aliphatic carbocycles. The highest BCUT2D eigenvalue weighted by atomic mass is 16.1. The highest BCUT2D eigenvalue weighted by molar-refractivity contribution is 5.91. The molecule has 12 heavy (non-hydrogen) atoms. The first-order valence-corrected chi connectivity index (χ1v) is 4.38. The number of hydrogen-bond donors (Lipinski definition) is 0. The predicted molar refractivity (Wildman–Crippen MR) is 46.8 cm³/mol. The lowest BCUT2D eigenvalue weighted by molar-refractivity contribution is -0.115. The zero-order chi connectivity index (χ0) is 8.97. The molecule has 0 aromatic heterocycles. The third-order valence-electron chi connectivity index (χ3n) is 2.40. The van der Waals surface area contributed by atoms with E-state index in [-0.39, 0.29) is 5.78 Å². The Kier molecular flexibility index (Phi) is 3.20. The van der Waals surface area contributed by atoms with Gasteiger partial charge >= 0.3 is 0 Å². The van der Waals surface area contributed by atoms with E-state index in [1.165, 1.54) is 0 Å². The van der Waals surface area contributed by atoms with Gasteiger partial charge in [-0.2, -0.15) is 0 Å². The van der Waals surface area contributed by atoms with E-state index in [1.54, 1.807) is 6.08 Å². The molecule has 0 bridgehead atoms. The zero-order valence-electron chi connectivity index (χ0n) is 7.38. The standard InChI is InChI=1S/C10H14O2/c1-8-7-10(12)5-4-9(8)3-2-6-11/h6-7,9H,2-5H2,1H3. The molecule has 0 fully saturated rings. The van der Waals surface area contributed by atoms with Gasteiger partial charge in [0.1, 0.15) is 6.29 Å². The van der Waals surface area contributed by atoms with E-state index in [0.29, 0.717) is 18.8 Å². The van der Waals surface area contributed by atoms with Gasteiger partial charge in [0.15, 0.2) is 5.78 Å². The molecule has 0 aromatic carbocycles. The fraction of sp³-hybridized carbons (Fsp3) is 0.600. The minimum Gasteiger partial charge on any atom is -0.303 e. The summed E-state index contributed by atoms with van der Waals surface area (Å²) in [6.45, 7) is 1.98. The number of rotatable bonds is 3. The predicted octanol–water partition coefficient (Wildman–Crippen LogP) is 1.89. The molecule has 0 N–H and O–H groups in total. The van der Waals surface area contributed by atoms with Crippen molar-refractivity contribution in [1.29, 1.82) is 0 Å². The number of hydrogen-bond acceptors (Lipinski definition) is 2. The van der Waals surface area contributed by atoms with Crippen molar-refractivity contribution in [3.8, 4) is 0 Å². The number of aldehydes is 1.